The van der Waals surface area contributed by atoms with E-state index in [1.165, 1.54) is 12.1 Å². The van der Waals surface area contributed by atoms with E-state index < -0.39 is 11.6 Å². The van der Waals surface area contributed by atoms with Crippen LogP contribution in [0.2, 0.25) is 0 Å². The maximum atomic E-state index is 13.8. The molecule has 100 valence electrons. The Morgan fingerprint density at radius 3 is 2.53 bits per heavy atom. The highest BCUT2D eigenvalue weighted by Crippen LogP contribution is 2.25. The topological polar surface area (TPSA) is 9.23 Å². The van der Waals surface area contributed by atoms with Crippen LogP contribution in [-0.4, -0.2) is 0 Å². The minimum Gasteiger partial charge on any atom is -0.488 e. The second-order valence-corrected chi connectivity index (χ2v) is 5.23. The van der Waals surface area contributed by atoms with Crippen molar-refractivity contribution < 1.29 is 13.5 Å². The molecule has 1 nitrogen and oxygen atoms in total. The van der Waals surface area contributed by atoms with Gasteiger partial charge in [0.25, 0.3) is 0 Å². The molecule has 19 heavy (non-hydrogen) atoms. The number of hydrogen-bond acceptors (Lipinski definition) is 1. The summed E-state index contributed by atoms with van der Waals surface area (Å²) in [7, 11) is 0. The molecule has 2 aromatic carbocycles. The molecule has 0 N–H and O–H groups in total. The Morgan fingerprint density at radius 2 is 1.84 bits per heavy atom. The maximum Gasteiger partial charge on any atom is 0.146 e. The van der Waals surface area contributed by atoms with Gasteiger partial charge in [0, 0.05) is 0 Å². The Morgan fingerprint density at radius 1 is 1.11 bits per heavy atom. The van der Waals surface area contributed by atoms with Crippen LogP contribution in [0.15, 0.2) is 34.8 Å². The first-order chi connectivity index (χ1) is 8.99. The maximum absolute atomic E-state index is 13.8. The van der Waals surface area contributed by atoms with Gasteiger partial charge in [-0.15, -0.1) is 0 Å². The van der Waals surface area contributed by atoms with Crippen LogP contribution in [0.4, 0.5) is 8.78 Å². The van der Waals surface area contributed by atoms with E-state index in [1.807, 2.05) is 26.0 Å². The minimum atomic E-state index is -0.621. The number of hydrogen-bond donors (Lipinski definition) is 0. The smallest absolute Gasteiger partial charge is 0.146 e. The average molecular weight is 327 g/mol. The molecule has 0 radical (unpaired) electrons. The van der Waals surface area contributed by atoms with Crippen molar-refractivity contribution in [3.63, 3.8) is 0 Å². The molecule has 0 fully saturated rings. The van der Waals surface area contributed by atoms with Gasteiger partial charge in [-0.2, -0.15) is 0 Å². The monoisotopic (exact) mass is 326 g/mol. The fourth-order valence-electron chi connectivity index (χ4n) is 1.81. The Labute approximate surface area is 119 Å². The van der Waals surface area contributed by atoms with Crippen molar-refractivity contribution >= 4 is 15.9 Å². The molecule has 0 unspecified atom stereocenters. The molecular formula is C15H13BrF2O. The fourth-order valence-corrected chi connectivity index (χ4v) is 2.18. The van der Waals surface area contributed by atoms with Crippen LogP contribution < -0.4 is 4.74 Å². The summed E-state index contributed by atoms with van der Waals surface area (Å²) in [6.07, 6.45) is 0. The predicted molar refractivity (Wildman–Crippen MR) is 74.3 cm³/mol. The molecule has 0 saturated carbocycles. The van der Waals surface area contributed by atoms with Crippen molar-refractivity contribution in [1.29, 1.82) is 0 Å². The van der Waals surface area contributed by atoms with Gasteiger partial charge in [0.05, 0.1) is 10.0 Å². The summed E-state index contributed by atoms with van der Waals surface area (Å²) >= 11 is 3.03. The summed E-state index contributed by atoms with van der Waals surface area (Å²) in [5, 5.41) is 0. The SMILES string of the molecule is Cc1ccc(OCc2c(F)ccc(Br)c2F)c(C)c1. The Hall–Kier alpha value is -1.42. The van der Waals surface area contributed by atoms with Gasteiger partial charge in [-0.3, -0.25) is 0 Å². The largest absolute Gasteiger partial charge is 0.488 e. The second kappa shape index (κ2) is 5.70. The molecule has 0 aliphatic rings. The lowest BCUT2D eigenvalue weighted by Gasteiger charge is -2.11. The van der Waals surface area contributed by atoms with Gasteiger partial charge in [0.15, 0.2) is 0 Å². The van der Waals surface area contributed by atoms with Crippen molar-refractivity contribution in [1.82, 2.24) is 0 Å². The molecule has 0 heterocycles. The summed E-state index contributed by atoms with van der Waals surface area (Å²) in [6.45, 7) is 3.74. The minimum absolute atomic E-state index is 0.0747. The zero-order chi connectivity index (χ0) is 14.0. The highest BCUT2D eigenvalue weighted by molar-refractivity contribution is 9.10. The quantitative estimate of drug-likeness (QED) is 0.727. The fraction of sp³-hybridized carbons (Fsp3) is 0.200. The van der Waals surface area contributed by atoms with Gasteiger partial charge < -0.3 is 4.74 Å². The Balaban J connectivity index is 2.21. The zero-order valence-corrected chi connectivity index (χ0v) is 12.2. The van der Waals surface area contributed by atoms with Gasteiger partial charge in [0.2, 0.25) is 0 Å². The molecule has 2 aromatic rings. The van der Waals surface area contributed by atoms with Crippen molar-refractivity contribution in [2.75, 3.05) is 0 Å². The lowest BCUT2D eigenvalue weighted by Crippen LogP contribution is -2.03. The van der Waals surface area contributed by atoms with Crippen LogP contribution in [0.1, 0.15) is 16.7 Å². The molecule has 0 amide bonds. The van der Waals surface area contributed by atoms with Crippen LogP contribution in [0, 0.1) is 25.5 Å². The van der Waals surface area contributed by atoms with E-state index in [0.717, 1.165) is 11.1 Å². The number of benzene rings is 2. The Bertz CT molecular complexity index is 611. The first-order valence-corrected chi connectivity index (χ1v) is 6.61. The van der Waals surface area contributed by atoms with Gasteiger partial charge in [-0.25, -0.2) is 8.78 Å². The average Bonchev–Trinajstić information content (AvgIpc) is 2.36. The lowest BCUT2D eigenvalue weighted by molar-refractivity contribution is 0.290. The summed E-state index contributed by atoms with van der Waals surface area (Å²) < 4.78 is 33.0. The van der Waals surface area contributed by atoms with Crippen molar-refractivity contribution in [2.45, 2.75) is 20.5 Å². The number of ether oxygens (including phenoxy) is 1. The normalized spacial score (nSPS) is 10.6. The molecular weight excluding hydrogens is 314 g/mol. The van der Waals surface area contributed by atoms with E-state index in [0.29, 0.717) is 5.75 Å². The lowest BCUT2D eigenvalue weighted by atomic mass is 10.1. The van der Waals surface area contributed by atoms with E-state index in [1.54, 1.807) is 6.07 Å². The van der Waals surface area contributed by atoms with Crippen LogP contribution >= 0.6 is 15.9 Å². The molecule has 0 aliphatic carbocycles. The van der Waals surface area contributed by atoms with Crippen molar-refractivity contribution in [2.24, 2.45) is 0 Å². The van der Waals surface area contributed by atoms with Crippen molar-refractivity contribution in [3.8, 4) is 5.75 Å². The molecule has 2 rings (SSSR count). The summed E-state index contributed by atoms with van der Waals surface area (Å²) in [5.74, 6) is -0.598. The highest BCUT2D eigenvalue weighted by atomic mass is 79.9. The van der Waals surface area contributed by atoms with Crippen molar-refractivity contribution in [3.05, 3.63) is 63.1 Å². The van der Waals surface area contributed by atoms with E-state index in [4.69, 9.17) is 4.74 Å². The second-order valence-electron chi connectivity index (χ2n) is 4.38. The molecule has 0 saturated heterocycles. The van der Waals surface area contributed by atoms with E-state index in [9.17, 15) is 8.78 Å². The first kappa shape index (κ1) is 14.0. The molecule has 0 aliphatic heterocycles. The van der Waals surface area contributed by atoms with Crippen LogP contribution in [0.5, 0.6) is 5.75 Å². The van der Waals surface area contributed by atoms with Crippen LogP contribution in [-0.2, 0) is 6.61 Å². The van der Waals surface area contributed by atoms with Crippen LogP contribution in [0.3, 0.4) is 0 Å². The zero-order valence-electron chi connectivity index (χ0n) is 10.6. The van der Waals surface area contributed by atoms with Crippen LogP contribution in [0.25, 0.3) is 0 Å². The molecule has 0 aromatic heterocycles. The molecule has 0 spiro atoms. The molecule has 0 bridgehead atoms. The van der Waals surface area contributed by atoms with E-state index in [-0.39, 0.29) is 16.6 Å². The third-order valence-corrected chi connectivity index (χ3v) is 3.45. The number of halogens is 3. The van der Waals surface area contributed by atoms with Gasteiger partial charge >= 0.3 is 0 Å². The van der Waals surface area contributed by atoms with Gasteiger partial charge in [0.1, 0.15) is 24.0 Å². The standard InChI is InChI=1S/C15H13BrF2O/c1-9-3-6-14(10(2)7-9)19-8-11-13(17)5-4-12(16)15(11)18/h3-7H,8H2,1-2H3. The van der Waals surface area contributed by atoms with E-state index >= 15 is 0 Å². The van der Waals surface area contributed by atoms with Gasteiger partial charge in [-0.05, 0) is 53.5 Å². The number of aryl methyl sites for hydroxylation is 2. The summed E-state index contributed by atoms with van der Waals surface area (Å²) in [5.41, 5.74) is 1.98. The highest BCUT2D eigenvalue weighted by Gasteiger charge is 2.13. The molecule has 0 atom stereocenters. The third kappa shape index (κ3) is 3.13. The molecule has 4 heteroatoms. The third-order valence-electron chi connectivity index (χ3n) is 2.84. The van der Waals surface area contributed by atoms with E-state index in [2.05, 4.69) is 15.9 Å². The predicted octanol–water partition coefficient (Wildman–Crippen LogP) is 4.92. The summed E-state index contributed by atoms with van der Waals surface area (Å²) in [6, 6.07) is 8.22. The Kier molecular flexibility index (Phi) is 4.20. The first-order valence-electron chi connectivity index (χ1n) is 5.81. The summed E-state index contributed by atoms with van der Waals surface area (Å²) in [4.78, 5) is 0. The van der Waals surface area contributed by atoms with Gasteiger partial charge in [-0.1, -0.05) is 17.7 Å². The number of rotatable bonds is 3.